The third-order valence-corrected chi connectivity index (χ3v) is 3.31. The number of alkyl halides is 3. The van der Waals surface area contributed by atoms with Crippen molar-refractivity contribution in [1.29, 1.82) is 0 Å². The zero-order valence-electron chi connectivity index (χ0n) is 6.95. The van der Waals surface area contributed by atoms with Gasteiger partial charge in [-0.1, -0.05) is 23.2 Å². The first-order valence-corrected chi connectivity index (χ1v) is 5.09. The fourth-order valence-corrected chi connectivity index (χ4v) is 1.95. The molecule has 0 heterocycles. The van der Waals surface area contributed by atoms with Crippen LogP contribution in [0.25, 0.3) is 0 Å². The van der Waals surface area contributed by atoms with Crippen molar-refractivity contribution in [2.24, 2.45) is 0 Å². The van der Waals surface area contributed by atoms with Crippen molar-refractivity contribution in [2.75, 3.05) is 0 Å². The van der Waals surface area contributed by atoms with Gasteiger partial charge in [-0.05, 0) is 36.4 Å². The van der Waals surface area contributed by atoms with Gasteiger partial charge in [0, 0.05) is 9.92 Å². The highest BCUT2D eigenvalue weighted by Crippen LogP contribution is 2.42. The second kappa shape index (κ2) is 4.21. The Kier molecular flexibility index (Phi) is 3.61. The summed E-state index contributed by atoms with van der Waals surface area (Å²) in [5, 5.41) is 0.418. The summed E-state index contributed by atoms with van der Waals surface area (Å²) in [6.07, 6.45) is 0. The van der Waals surface area contributed by atoms with Crippen molar-refractivity contribution in [1.82, 2.24) is 0 Å². The molecule has 0 bridgehead atoms. The maximum atomic E-state index is 12.0. The molecule has 0 aliphatic rings. The van der Waals surface area contributed by atoms with Crippen molar-refractivity contribution in [3.63, 3.8) is 0 Å². The Morgan fingerprint density at radius 1 is 1.21 bits per heavy atom. The van der Waals surface area contributed by atoms with Gasteiger partial charge in [0.1, 0.15) is 0 Å². The first-order valence-electron chi connectivity index (χ1n) is 3.51. The molecule has 6 heteroatoms. The molecule has 1 rings (SSSR count). The quantitative estimate of drug-likeness (QED) is 0.647. The third kappa shape index (κ3) is 2.97. The molecular weight excluding hydrogens is 256 g/mol. The molecule has 0 spiro atoms. The van der Waals surface area contributed by atoms with Crippen LogP contribution in [-0.2, 0) is 0 Å². The van der Waals surface area contributed by atoms with Crippen LogP contribution in [0.1, 0.15) is 5.56 Å². The highest BCUT2D eigenvalue weighted by Gasteiger charge is 2.30. The van der Waals surface area contributed by atoms with Crippen molar-refractivity contribution in [2.45, 2.75) is 17.3 Å². The number of hydrogen-bond donors (Lipinski definition) is 0. The monoisotopic (exact) mass is 260 g/mol. The Morgan fingerprint density at radius 2 is 1.79 bits per heavy atom. The predicted molar refractivity (Wildman–Crippen MR) is 53.1 cm³/mol. The second-order valence-electron chi connectivity index (χ2n) is 2.53. The average molecular weight is 261 g/mol. The molecule has 78 valence electrons. The summed E-state index contributed by atoms with van der Waals surface area (Å²) >= 11 is 11.1. The zero-order chi connectivity index (χ0) is 10.9. The summed E-state index contributed by atoms with van der Waals surface area (Å²) in [6.45, 7) is 1.57. The van der Waals surface area contributed by atoms with Crippen LogP contribution in [0.2, 0.25) is 10.0 Å². The average Bonchev–Trinajstić information content (AvgIpc) is 2.04. The fourth-order valence-electron chi connectivity index (χ4n) is 0.840. The van der Waals surface area contributed by atoms with Gasteiger partial charge >= 0.3 is 5.51 Å². The molecule has 0 atom stereocenters. The summed E-state index contributed by atoms with van der Waals surface area (Å²) in [5.41, 5.74) is -3.87. The maximum Gasteiger partial charge on any atom is 0.446 e. The van der Waals surface area contributed by atoms with Gasteiger partial charge in [0.05, 0.1) is 5.02 Å². The van der Waals surface area contributed by atoms with Crippen LogP contribution in [0.3, 0.4) is 0 Å². The van der Waals surface area contributed by atoms with E-state index in [2.05, 4.69) is 0 Å². The van der Waals surface area contributed by atoms with Crippen LogP contribution in [0.4, 0.5) is 13.2 Å². The first kappa shape index (κ1) is 12.0. The van der Waals surface area contributed by atoms with Gasteiger partial charge in [-0.3, -0.25) is 0 Å². The van der Waals surface area contributed by atoms with Crippen molar-refractivity contribution < 1.29 is 13.2 Å². The molecular formula is C8H5Cl2F3S. The third-order valence-electron chi connectivity index (χ3n) is 1.51. The molecule has 0 saturated carbocycles. The second-order valence-corrected chi connectivity index (χ2v) is 4.42. The zero-order valence-corrected chi connectivity index (χ0v) is 9.28. The van der Waals surface area contributed by atoms with Gasteiger partial charge in [0.2, 0.25) is 0 Å². The summed E-state index contributed by atoms with van der Waals surface area (Å²) in [7, 11) is 0. The van der Waals surface area contributed by atoms with Crippen LogP contribution in [0.15, 0.2) is 17.0 Å². The molecule has 1 aromatic rings. The van der Waals surface area contributed by atoms with Crippen LogP contribution in [0.5, 0.6) is 0 Å². The van der Waals surface area contributed by atoms with E-state index in [9.17, 15) is 13.2 Å². The van der Waals surface area contributed by atoms with E-state index in [0.717, 1.165) is 0 Å². The van der Waals surface area contributed by atoms with E-state index in [1.54, 1.807) is 6.92 Å². The molecule has 14 heavy (non-hydrogen) atoms. The number of hydrogen-bond acceptors (Lipinski definition) is 1. The lowest BCUT2D eigenvalue weighted by Gasteiger charge is -2.09. The SMILES string of the molecule is Cc1c(Cl)ccc(SC(F)(F)F)c1Cl. The predicted octanol–water partition coefficient (Wildman–Crippen LogP) is 4.91. The van der Waals surface area contributed by atoms with Crippen molar-refractivity contribution >= 4 is 35.0 Å². The van der Waals surface area contributed by atoms with E-state index in [4.69, 9.17) is 23.2 Å². The molecule has 0 fully saturated rings. The minimum atomic E-state index is -4.33. The molecule has 0 aliphatic heterocycles. The molecule has 0 unspecified atom stereocenters. The maximum absolute atomic E-state index is 12.0. The molecule has 0 nitrogen and oxygen atoms in total. The number of benzene rings is 1. The van der Waals surface area contributed by atoms with Crippen molar-refractivity contribution in [3.8, 4) is 0 Å². The van der Waals surface area contributed by atoms with E-state index >= 15 is 0 Å². The van der Waals surface area contributed by atoms with Crippen LogP contribution in [0, 0.1) is 6.92 Å². The van der Waals surface area contributed by atoms with Crippen LogP contribution < -0.4 is 0 Å². The fraction of sp³-hybridized carbons (Fsp3) is 0.250. The standard InChI is InChI=1S/C8H5Cl2F3S/c1-4-5(9)2-3-6(7(4)10)14-8(11,12)13/h2-3H,1H3. The van der Waals surface area contributed by atoms with Gasteiger partial charge in [0.15, 0.2) is 0 Å². The topological polar surface area (TPSA) is 0 Å². The number of thioether (sulfide) groups is 1. The molecule has 0 radical (unpaired) electrons. The Hall–Kier alpha value is -0.0600. The van der Waals surface area contributed by atoms with E-state index in [1.165, 1.54) is 12.1 Å². The van der Waals surface area contributed by atoms with Gasteiger partial charge in [-0.15, -0.1) is 0 Å². The van der Waals surface area contributed by atoms with Gasteiger partial charge in [0.25, 0.3) is 0 Å². The van der Waals surface area contributed by atoms with E-state index < -0.39 is 5.51 Å². The summed E-state index contributed by atoms with van der Waals surface area (Å²) < 4.78 is 36.1. The normalized spacial score (nSPS) is 11.9. The van der Waals surface area contributed by atoms with Gasteiger partial charge in [-0.25, -0.2) is 0 Å². The van der Waals surface area contributed by atoms with Gasteiger partial charge < -0.3 is 0 Å². The Balaban J connectivity index is 3.06. The first-order chi connectivity index (χ1) is 6.31. The van der Waals surface area contributed by atoms with Crippen LogP contribution in [-0.4, -0.2) is 5.51 Å². The molecule has 0 aromatic heterocycles. The smallest absolute Gasteiger partial charge is 0.160 e. The van der Waals surface area contributed by atoms with E-state index in [0.29, 0.717) is 10.6 Å². The molecule has 0 aliphatic carbocycles. The minimum Gasteiger partial charge on any atom is -0.160 e. The Labute approximate surface area is 93.4 Å². The largest absolute Gasteiger partial charge is 0.446 e. The Morgan fingerprint density at radius 3 is 2.29 bits per heavy atom. The Bertz CT molecular complexity index is 349. The van der Waals surface area contributed by atoms with Gasteiger partial charge in [-0.2, -0.15) is 13.2 Å². The summed E-state index contributed by atoms with van der Waals surface area (Å²) in [5.74, 6) is 0. The lowest BCUT2D eigenvalue weighted by Crippen LogP contribution is -1.99. The highest BCUT2D eigenvalue weighted by atomic mass is 35.5. The van der Waals surface area contributed by atoms with Crippen LogP contribution >= 0.6 is 35.0 Å². The molecule has 0 N–H and O–H groups in total. The number of halogens is 5. The molecule has 1 aromatic carbocycles. The van der Waals surface area contributed by atoms with E-state index in [-0.39, 0.29) is 21.7 Å². The molecule has 0 amide bonds. The van der Waals surface area contributed by atoms with Crippen molar-refractivity contribution in [3.05, 3.63) is 27.7 Å². The van der Waals surface area contributed by atoms with E-state index in [1.807, 2.05) is 0 Å². The minimum absolute atomic E-state index is 0.0268. The number of rotatable bonds is 1. The highest BCUT2D eigenvalue weighted by molar-refractivity contribution is 8.00. The lowest BCUT2D eigenvalue weighted by atomic mass is 10.2. The summed E-state index contributed by atoms with van der Waals surface area (Å²) in [6, 6.07) is 2.66. The molecule has 0 saturated heterocycles. The lowest BCUT2D eigenvalue weighted by molar-refractivity contribution is -0.0328. The summed E-state index contributed by atoms with van der Waals surface area (Å²) in [4.78, 5) is -0.0268.